The molecule has 2 aromatic carbocycles. The van der Waals surface area contributed by atoms with E-state index in [0.717, 1.165) is 0 Å². The molecule has 0 fully saturated rings. The van der Waals surface area contributed by atoms with E-state index < -0.39 is 12.1 Å². The lowest BCUT2D eigenvalue weighted by Crippen LogP contribution is -2.47. The van der Waals surface area contributed by atoms with Crippen LogP contribution >= 0.6 is 0 Å². The van der Waals surface area contributed by atoms with Gasteiger partial charge in [-0.05, 0) is 29.8 Å². The molecule has 2 aromatic rings. The first-order valence-corrected chi connectivity index (χ1v) is 7.29. The zero-order valence-corrected chi connectivity index (χ0v) is 12.9. The van der Waals surface area contributed by atoms with E-state index in [-0.39, 0.29) is 11.7 Å². The predicted molar refractivity (Wildman–Crippen MR) is 85.7 cm³/mol. The summed E-state index contributed by atoms with van der Waals surface area (Å²) in [7, 11) is 1.56. The van der Waals surface area contributed by atoms with Gasteiger partial charge in [0.1, 0.15) is 11.9 Å². The second-order valence-corrected chi connectivity index (χ2v) is 5.43. The van der Waals surface area contributed by atoms with E-state index in [9.17, 15) is 14.7 Å². The van der Waals surface area contributed by atoms with Crippen LogP contribution in [-0.4, -0.2) is 30.0 Å². The number of fused-ring (bicyclic) bond motifs is 1. The van der Waals surface area contributed by atoms with Crippen LogP contribution in [0.25, 0.3) is 0 Å². The number of aliphatic hydroxyl groups excluding tert-OH is 1. The number of ketones is 1. The lowest BCUT2D eigenvalue weighted by molar-refractivity contribution is -0.117. The number of benzene rings is 2. The quantitative estimate of drug-likeness (QED) is 0.924. The van der Waals surface area contributed by atoms with Gasteiger partial charge in [0.15, 0.2) is 5.78 Å². The van der Waals surface area contributed by atoms with Crippen molar-refractivity contribution < 1.29 is 19.4 Å². The van der Waals surface area contributed by atoms with E-state index in [1.807, 2.05) is 0 Å². The third-order valence-electron chi connectivity index (χ3n) is 4.07. The van der Waals surface area contributed by atoms with Crippen LogP contribution in [0.3, 0.4) is 0 Å². The molecular formula is C18H17NO4. The molecule has 0 radical (unpaired) electrons. The summed E-state index contributed by atoms with van der Waals surface area (Å²) in [5.41, 5.74) is 1.56. The highest BCUT2D eigenvalue weighted by molar-refractivity contribution is 6.11. The lowest BCUT2D eigenvalue weighted by Gasteiger charge is -2.39. The van der Waals surface area contributed by atoms with Gasteiger partial charge < -0.3 is 14.7 Å². The maximum atomic E-state index is 12.5. The molecule has 1 aliphatic heterocycles. The van der Waals surface area contributed by atoms with E-state index >= 15 is 0 Å². The van der Waals surface area contributed by atoms with E-state index in [2.05, 4.69) is 0 Å². The van der Waals surface area contributed by atoms with Gasteiger partial charge in [-0.1, -0.05) is 24.3 Å². The zero-order chi connectivity index (χ0) is 16.6. The summed E-state index contributed by atoms with van der Waals surface area (Å²) in [4.78, 5) is 26.2. The number of para-hydroxylation sites is 1. The summed E-state index contributed by atoms with van der Waals surface area (Å²) >= 11 is 0. The zero-order valence-electron chi connectivity index (χ0n) is 12.9. The first-order chi connectivity index (χ1) is 11.0. The van der Waals surface area contributed by atoms with Crippen molar-refractivity contribution in [3.63, 3.8) is 0 Å². The maximum Gasteiger partial charge on any atom is 0.224 e. The Balaban J connectivity index is 2.14. The maximum absolute atomic E-state index is 12.5. The number of hydrogen-bond donors (Lipinski definition) is 1. The van der Waals surface area contributed by atoms with Crippen molar-refractivity contribution >= 4 is 17.4 Å². The molecular weight excluding hydrogens is 294 g/mol. The summed E-state index contributed by atoms with van der Waals surface area (Å²) < 4.78 is 5.13. The number of ether oxygens (including phenoxy) is 1. The molecule has 1 heterocycles. The van der Waals surface area contributed by atoms with Gasteiger partial charge in [-0.2, -0.15) is 0 Å². The van der Waals surface area contributed by atoms with Gasteiger partial charge in [0.2, 0.25) is 5.91 Å². The van der Waals surface area contributed by atoms with Crippen molar-refractivity contribution in [2.24, 2.45) is 0 Å². The molecule has 0 bridgehead atoms. The van der Waals surface area contributed by atoms with Gasteiger partial charge in [0.25, 0.3) is 0 Å². The Morgan fingerprint density at radius 2 is 1.78 bits per heavy atom. The fraction of sp³-hybridized carbons (Fsp3) is 0.222. The number of nitrogens with zero attached hydrogens (tertiary/aromatic N) is 1. The van der Waals surface area contributed by atoms with Crippen LogP contribution in [0.15, 0.2) is 48.5 Å². The number of amides is 1. The predicted octanol–water partition coefficient (Wildman–Crippen LogP) is 2.35. The summed E-state index contributed by atoms with van der Waals surface area (Å²) in [6.07, 6.45) is -1.30. The van der Waals surface area contributed by atoms with Gasteiger partial charge >= 0.3 is 0 Å². The molecule has 1 N–H and O–H groups in total. The molecule has 0 spiro atoms. The molecule has 1 amide bonds. The first-order valence-electron chi connectivity index (χ1n) is 7.29. The molecule has 118 valence electrons. The molecule has 23 heavy (non-hydrogen) atoms. The molecule has 0 unspecified atom stereocenters. The second-order valence-electron chi connectivity index (χ2n) is 5.43. The number of aliphatic hydroxyl groups is 1. The monoisotopic (exact) mass is 311 g/mol. The molecule has 0 saturated heterocycles. The Labute approximate surface area is 134 Å². The van der Waals surface area contributed by atoms with Crippen LogP contribution in [0, 0.1) is 0 Å². The third kappa shape index (κ3) is 2.49. The van der Waals surface area contributed by atoms with Crippen molar-refractivity contribution in [1.82, 2.24) is 0 Å². The van der Waals surface area contributed by atoms with Crippen LogP contribution in [0.5, 0.6) is 5.75 Å². The minimum absolute atomic E-state index is 0.232. The Bertz CT molecular complexity index is 754. The number of methoxy groups -OCH3 is 1. The summed E-state index contributed by atoms with van der Waals surface area (Å²) in [5.74, 6) is 0.0592. The summed E-state index contributed by atoms with van der Waals surface area (Å²) in [5, 5.41) is 10.5. The number of hydrogen-bond acceptors (Lipinski definition) is 4. The van der Waals surface area contributed by atoms with Gasteiger partial charge in [0.05, 0.1) is 18.8 Å². The fourth-order valence-electron chi connectivity index (χ4n) is 2.98. The smallest absolute Gasteiger partial charge is 0.224 e. The average Bonchev–Trinajstić information content (AvgIpc) is 2.57. The topological polar surface area (TPSA) is 66.8 Å². The number of carbonyl (C=O) groups excluding carboxylic acids is 2. The van der Waals surface area contributed by atoms with Gasteiger partial charge in [-0.3, -0.25) is 9.59 Å². The number of carbonyl (C=O) groups is 2. The van der Waals surface area contributed by atoms with Crippen molar-refractivity contribution in [2.45, 2.75) is 19.1 Å². The Morgan fingerprint density at radius 1 is 1.13 bits per heavy atom. The van der Waals surface area contributed by atoms with Crippen molar-refractivity contribution in [3.8, 4) is 5.75 Å². The standard InChI is InChI=1S/C18H17NO4/c1-11(20)19-15-6-4-3-5-14(15)17(21)18(22)16(19)12-7-9-13(23-2)10-8-12/h3-10,16,18,22H,1-2H3/t16-,18+/m0/s1. The van der Waals surface area contributed by atoms with E-state index in [4.69, 9.17) is 4.74 Å². The first kappa shape index (κ1) is 15.2. The minimum Gasteiger partial charge on any atom is -0.497 e. The van der Waals surface area contributed by atoms with Crippen molar-refractivity contribution in [3.05, 3.63) is 59.7 Å². The largest absolute Gasteiger partial charge is 0.497 e. The normalized spacial score (nSPS) is 20.1. The third-order valence-corrected chi connectivity index (χ3v) is 4.07. The van der Waals surface area contributed by atoms with Crippen molar-refractivity contribution in [2.75, 3.05) is 12.0 Å². The average molecular weight is 311 g/mol. The van der Waals surface area contributed by atoms with Gasteiger partial charge in [-0.15, -0.1) is 0 Å². The van der Waals surface area contributed by atoms with E-state index in [1.165, 1.54) is 11.8 Å². The molecule has 0 aliphatic carbocycles. The summed E-state index contributed by atoms with van der Waals surface area (Å²) in [6, 6.07) is 13.1. The molecule has 5 heteroatoms. The highest BCUT2D eigenvalue weighted by Gasteiger charge is 2.41. The van der Waals surface area contributed by atoms with Crippen LogP contribution in [0.2, 0.25) is 0 Å². The molecule has 1 aliphatic rings. The Morgan fingerprint density at radius 3 is 2.39 bits per heavy atom. The van der Waals surface area contributed by atoms with E-state index in [1.54, 1.807) is 55.6 Å². The highest BCUT2D eigenvalue weighted by atomic mass is 16.5. The van der Waals surface area contributed by atoms with Crippen LogP contribution in [-0.2, 0) is 4.79 Å². The molecule has 0 saturated carbocycles. The minimum atomic E-state index is -1.30. The fourth-order valence-corrected chi connectivity index (χ4v) is 2.98. The second kappa shape index (κ2) is 5.85. The Kier molecular flexibility index (Phi) is 3.88. The Hall–Kier alpha value is -2.66. The molecule has 2 atom stereocenters. The number of anilines is 1. The van der Waals surface area contributed by atoms with Crippen LogP contribution in [0.4, 0.5) is 5.69 Å². The SMILES string of the molecule is COc1ccc([C@H]2[C@@H](O)C(=O)c3ccccc3N2C(C)=O)cc1. The molecule has 5 nitrogen and oxygen atoms in total. The molecule has 3 rings (SSSR count). The number of Topliss-reactive ketones (excluding diaryl/α,β-unsaturated/α-hetero) is 1. The number of rotatable bonds is 2. The lowest BCUT2D eigenvalue weighted by atomic mass is 9.87. The van der Waals surface area contributed by atoms with Crippen molar-refractivity contribution in [1.29, 1.82) is 0 Å². The van der Waals surface area contributed by atoms with Crippen LogP contribution in [0.1, 0.15) is 28.9 Å². The molecule has 0 aromatic heterocycles. The van der Waals surface area contributed by atoms with Gasteiger partial charge in [-0.25, -0.2) is 0 Å². The highest BCUT2D eigenvalue weighted by Crippen LogP contribution is 2.39. The van der Waals surface area contributed by atoms with Gasteiger partial charge in [0, 0.05) is 12.5 Å². The summed E-state index contributed by atoms with van der Waals surface area (Å²) in [6.45, 7) is 1.43. The van der Waals surface area contributed by atoms with E-state index in [0.29, 0.717) is 22.6 Å². The van der Waals surface area contributed by atoms with Crippen LogP contribution < -0.4 is 9.64 Å².